The zero-order valence-electron chi connectivity index (χ0n) is 18.8. The Labute approximate surface area is 226 Å². The molecular weight excluding hydrogens is 646 g/mol. The highest BCUT2D eigenvalue weighted by Gasteiger charge is 2.13. The van der Waals surface area contributed by atoms with Crippen LogP contribution in [0.1, 0.15) is 11.1 Å². The number of hydrogen-bond donors (Lipinski definition) is 0. The molecule has 6 heteroatoms. The van der Waals surface area contributed by atoms with Gasteiger partial charge >= 0.3 is 0 Å². The van der Waals surface area contributed by atoms with Crippen LogP contribution in [0, 0.1) is 21.2 Å². The molecule has 0 atom stereocenters. The maximum absolute atomic E-state index is 4.74. The number of aryl methyl sites for hydroxylation is 2. The van der Waals surface area contributed by atoms with Crippen molar-refractivity contribution in [2.75, 3.05) is 0 Å². The van der Waals surface area contributed by atoms with Gasteiger partial charge in [0.05, 0.1) is 0 Å². The normalized spacial score (nSPS) is 10.9. The summed E-state index contributed by atoms with van der Waals surface area (Å²) in [6, 6.07) is 28.9. The highest BCUT2D eigenvalue weighted by atomic mass is 127. The molecule has 2 aromatic carbocycles. The maximum atomic E-state index is 4.74. The Balaban J connectivity index is 0.000000142. The number of fused-ring (bicyclic) bond motifs is 2. The molecule has 4 heterocycles. The Morgan fingerprint density at radius 1 is 0.529 bits per heavy atom. The van der Waals surface area contributed by atoms with E-state index in [0.29, 0.717) is 0 Å². The van der Waals surface area contributed by atoms with Gasteiger partial charge in [-0.05, 0) is 82.3 Å². The smallest absolute Gasteiger partial charge is 0.141 e. The lowest BCUT2D eigenvalue weighted by Gasteiger charge is -1.97. The minimum Gasteiger partial charge on any atom is -0.294 e. The van der Waals surface area contributed by atoms with Gasteiger partial charge in [-0.15, -0.1) is 0 Å². The number of imidazole rings is 2. The van der Waals surface area contributed by atoms with Crippen LogP contribution in [0.2, 0.25) is 0 Å². The van der Waals surface area contributed by atoms with Crippen LogP contribution in [0.5, 0.6) is 0 Å². The zero-order valence-corrected chi connectivity index (χ0v) is 23.1. The highest BCUT2D eigenvalue weighted by Crippen LogP contribution is 2.27. The second kappa shape index (κ2) is 9.87. The summed E-state index contributed by atoms with van der Waals surface area (Å²) >= 11 is 4.71. The number of nitrogens with zero attached hydrogens (tertiary/aromatic N) is 4. The van der Waals surface area contributed by atoms with Crippen LogP contribution >= 0.6 is 45.2 Å². The number of pyridine rings is 2. The largest absolute Gasteiger partial charge is 0.294 e. The molecule has 0 spiro atoms. The van der Waals surface area contributed by atoms with Crippen molar-refractivity contribution >= 4 is 56.5 Å². The molecule has 0 N–H and O–H groups in total. The summed E-state index contributed by atoms with van der Waals surface area (Å²) in [5.74, 6) is 0. The van der Waals surface area contributed by atoms with Crippen LogP contribution in [-0.4, -0.2) is 18.8 Å². The predicted molar refractivity (Wildman–Crippen MR) is 156 cm³/mol. The van der Waals surface area contributed by atoms with E-state index in [1.165, 1.54) is 22.3 Å². The van der Waals surface area contributed by atoms with Crippen LogP contribution < -0.4 is 0 Å². The molecule has 168 valence electrons. The lowest BCUT2D eigenvalue weighted by Crippen LogP contribution is -1.88. The lowest BCUT2D eigenvalue weighted by molar-refractivity contribution is 1.13. The van der Waals surface area contributed by atoms with E-state index in [0.717, 1.165) is 30.1 Å². The summed E-state index contributed by atoms with van der Waals surface area (Å²) in [6.07, 6.45) is 4.12. The first kappa shape index (κ1) is 23.0. The molecule has 0 saturated carbocycles. The molecule has 4 aromatic heterocycles. The van der Waals surface area contributed by atoms with Gasteiger partial charge in [0.2, 0.25) is 0 Å². The number of halogens is 2. The van der Waals surface area contributed by atoms with E-state index in [9.17, 15) is 0 Å². The van der Waals surface area contributed by atoms with Gasteiger partial charge in [-0.3, -0.25) is 8.80 Å². The van der Waals surface area contributed by atoms with Crippen molar-refractivity contribution in [3.05, 3.63) is 116 Å². The van der Waals surface area contributed by atoms with Crippen molar-refractivity contribution in [3.63, 3.8) is 0 Å². The van der Waals surface area contributed by atoms with E-state index in [2.05, 4.69) is 129 Å². The maximum Gasteiger partial charge on any atom is 0.141 e. The molecule has 0 bridgehead atoms. The van der Waals surface area contributed by atoms with Gasteiger partial charge in [-0.1, -0.05) is 72.8 Å². The summed E-state index contributed by atoms with van der Waals surface area (Å²) < 4.78 is 6.59. The number of hydrogen-bond acceptors (Lipinski definition) is 2. The fourth-order valence-corrected chi connectivity index (χ4v) is 5.55. The quantitative estimate of drug-likeness (QED) is 0.177. The molecule has 6 aromatic rings. The molecule has 34 heavy (non-hydrogen) atoms. The molecule has 0 aliphatic rings. The Hall–Kier alpha value is -2.72. The van der Waals surface area contributed by atoms with Gasteiger partial charge in [-0.2, -0.15) is 0 Å². The Kier molecular flexibility index (Phi) is 6.69. The van der Waals surface area contributed by atoms with E-state index >= 15 is 0 Å². The molecule has 0 radical (unpaired) electrons. The molecule has 0 saturated heterocycles. The van der Waals surface area contributed by atoms with Gasteiger partial charge in [0.15, 0.2) is 0 Å². The second-order valence-electron chi connectivity index (χ2n) is 8.00. The van der Waals surface area contributed by atoms with Crippen molar-refractivity contribution in [2.24, 2.45) is 0 Å². The monoisotopic (exact) mass is 668 g/mol. The minimum absolute atomic E-state index is 1.04. The van der Waals surface area contributed by atoms with E-state index in [4.69, 9.17) is 9.97 Å². The third-order valence-corrected chi connectivity index (χ3v) is 7.73. The van der Waals surface area contributed by atoms with Gasteiger partial charge in [-0.25, -0.2) is 9.97 Å². The molecule has 0 amide bonds. The van der Waals surface area contributed by atoms with Crippen molar-refractivity contribution in [1.82, 2.24) is 18.8 Å². The number of rotatable bonds is 2. The van der Waals surface area contributed by atoms with Gasteiger partial charge < -0.3 is 0 Å². The van der Waals surface area contributed by atoms with Gasteiger partial charge in [0.25, 0.3) is 0 Å². The molecule has 0 aliphatic carbocycles. The van der Waals surface area contributed by atoms with Crippen molar-refractivity contribution < 1.29 is 0 Å². The van der Waals surface area contributed by atoms with E-state index in [1.54, 1.807) is 0 Å². The average molecular weight is 668 g/mol. The third-order valence-electron chi connectivity index (χ3n) is 5.67. The second-order valence-corrected chi connectivity index (χ2v) is 10.0. The van der Waals surface area contributed by atoms with Crippen LogP contribution in [0.4, 0.5) is 0 Å². The first-order valence-electron chi connectivity index (χ1n) is 10.9. The van der Waals surface area contributed by atoms with Gasteiger partial charge in [0, 0.05) is 23.5 Å². The molecule has 0 unspecified atom stereocenters. The van der Waals surface area contributed by atoms with Crippen molar-refractivity contribution in [3.8, 4) is 22.5 Å². The first-order valence-corrected chi connectivity index (χ1v) is 13.1. The Morgan fingerprint density at radius 2 is 0.912 bits per heavy atom. The molecule has 4 nitrogen and oxygen atoms in total. The fourth-order valence-electron chi connectivity index (χ4n) is 3.91. The lowest BCUT2D eigenvalue weighted by atomic mass is 10.2. The highest BCUT2D eigenvalue weighted by molar-refractivity contribution is 14.1. The Morgan fingerprint density at radius 3 is 1.26 bits per heavy atom. The van der Waals surface area contributed by atoms with E-state index in [1.807, 2.05) is 36.4 Å². The van der Waals surface area contributed by atoms with Crippen LogP contribution in [0.15, 0.2) is 97.3 Å². The zero-order chi connectivity index (χ0) is 23.7. The van der Waals surface area contributed by atoms with Crippen molar-refractivity contribution in [2.45, 2.75) is 13.8 Å². The summed E-state index contributed by atoms with van der Waals surface area (Å²) in [6.45, 7) is 4.18. The molecule has 0 aliphatic heterocycles. The molecule has 0 fully saturated rings. The average Bonchev–Trinajstić information content (AvgIpc) is 3.40. The SMILES string of the molecule is Cc1cccn2c(I)c(-c3ccccc3)nc12.Cc1cccn2c(I)c(-c3ccccc3)nc12. The number of benzene rings is 2. The summed E-state index contributed by atoms with van der Waals surface area (Å²) in [5.41, 5.74) is 8.92. The van der Waals surface area contributed by atoms with E-state index in [-0.39, 0.29) is 0 Å². The van der Waals surface area contributed by atoms with Crippen LogP contribution in [-0.2, 0) is 0 Å². The summed E-state index contributed by atoms with van der Waals surface area (Å²) in [4.78, 5) is 9.48. The summed E-state index contributed by atoms with van der Waals surface area (Å²) in [7, 11) is 0. The summed E-state index contributed by atoms with van der Waals surface area (Å²) in [5, 5.41) is 0. The standard InChI is InChI=1S/2C14H11IN2/c2*1-10-6-5-9-17-13(15)12(16-14(10)17)11-7-3-2-4-8-11/h2*2-9H,1H3. The first-order chi connectivity index (χ1) is 16.5. The topological polar surface area (TPSA) is 34.6 Å². The minimum atomic E-state index is 1.04. The Bertz CT molecular complexity index is 1460. The molecular formula is C28H22I2N4. The molecule has 6 rings (SSSR count). The van der Waals surface area contributed by atoms with Crippen molar-refractivity contribution in [1.29, 1.82) is 0 Å². The van der Waals surface area contributed by atoms with Crippen LogP contribution in [0.3, 0.4) is 0 Å². The van der Waals surface area contributed by atoms with E-state index < -0.39 is 0 Å². The third kappa shape index (κ3) is 4.36. The predicted octanol–water partition coefficient (Wildman–Crippen LogP) is 7.83. The fraction of sp³-hybridized carbons (Fsp3) is 0.0714. The van der Waals surface area contributed by atoms with Crippen LogP contribution in [0.25, 0.3) is 33.8 Å². The van der Waals surface area contributed by atoms with Gasteiger partial charge in [0.1, 0.15) is 30.1 Å². The number of aromatic nitrogens is 4.